The first-order valence-electron chi connectivity index (χ1n) is 7.80. The highest BCUT2D eigenvalue weighted by Crippen LogP contribution is 2.37. The van der Waals surface area contributed by atoms with E-state index in [1.807, 2.05) is 13.8 Å². The fraction of sp³-hybridized carbons (Fsp3) is 0.400. The molecule has 2 unspecified atom stereocenters. The maximum atomic E-state index is 2.34. The molecule has 0 saturated carbocycles. The zero-order valence-corrected chi connectivity index (χ0v) is 13.5. The molecule has 0 N–H and O–H groups in total. The number of hydrogen-bond donors (Lipinski definition) is 0. The minimum atomic E-state index is 0.550. The Kier molecular flexibility index (Phi) is 7.08. The minimum Gasteiger partial charge on any atom is -0.0683 e. The summed E-state index contributed by atoms with van der Waals surface area (Å²) in [5.41, 5.74) is 2.88. The van der Waals surface area contributed by atoms with Gasteiger partial charge in [-0.3, -0.25) is 0 Å². The third-order valence-electron chi connectivity index (χ3n) is 3.77. The Morgan fingerprint density at radius 3 is 1.40 bits per heavy atom. The lowest BCUT2D eigenvalue weighted by Crippen LogP contribution is -2.14. The Balaban J connectivity index is 0.000000956. The van der Waals surface area contributed by atoms with Crippen molar-refractivity contribution in [3.05, 3.63) is 71.8 Å². The van der Waals surface area contributed by atoms with Gasteiger partial charge in [0, 0.05) is 0 Å². The minimum absolute atomic E-state index is 0.550. The second-order valence-electron chi connectivity index (χ2n) is 5.38. The molecule has 0 bridgehead atoms. The van der Waals surface area contributed by atoms with Gasteiger partial charge in [0.05, 0.1) is 0 Å². The highest BCUT2D eigenvalue weighted by atomic mass is 14.3. The lowest BCUT2D eigenvalue weighted by atomic mass is 9.76. The largest absolute Gasteiger partial charge is 0.0683 e. The summed E-state index contributed by atoms with van der Waals surface area (Å²) < 4.78 is 0. The van der Waals surface area contributed by atoms with Crippen molar-refractivity contribution in [3.8, 4) is 0 Å². The van der Waals surface area contributed by atoms with Crippen LogP contribution in [-0.2, 0) is 0 Å². The molecule has 0 saturated heterocycles. The molecular weight excluding hydrogens is 240 g/mol. The Morgan fingerprint density at radius 2 is 1.00 bits per heavy atom. The third kappa shape index (κ3) is 4.23. The van der Waals surface area contributed by atoms with E-state index in [2.05, 4.69) is 81.4 Å². The fourth-order valence-corrected chi connectivity index (χ4v) is 2.89. The zero-order valence-electron chi connectivity index (χ0n) is 13.5. The molecule has 20 heavy (non-hydrogen) atoms. The Hall–Kier alpha value is -1.56. The Bertz CT molecular complexity index is 456. The summed E-state index contributed by atoms with van der Waals surface area (Å²) >= 11 is 0. The van der Waals surface area contributed by atoms with Crippen LogP contribution in [0.4, 0.5) is 0 Å². The van der Waals surface area contributed by atoms with Crippen molar-refractivity contribution in [1.29, 1.82) is 0 Å². The molecule has 0 heterocycles. The molecule has 0 amide bonds. The maximum absolute atomic E-state index is 2.34. The van der Waals surface area contributed by atoms with Crippen LogP contribution >= 0.6 is 0 Å². The predicted octanol–water partition coefficient (Wildman–Crippen LogP) is 6.26. The van der Waals surface area contributed by atoms with Crippen LogP contribution in [0.2, 0.25) is 0 Å². The first-order valence-corrected chi connectivity index (χ1v) is 7.80. The molecule has 0 heteroatoms. The summed E-state index contributed by atoms with van der Waals surface area (Å²) in [4.78, 5) is 0. The molecule has 0 aliphatic heterocycles. The van der Waals surface area contributed by atoms with Crippen molar-refractivity contribution in [2.24, 2.45) is 5.92 Å². The van der Waals surface area contributed by atoms with E-state index < -0.39 is 0 Å². The molecule has 2 aromatic carbocycles. The fourth-order valence-electron chi connectivity index (χ4n) is 2.89. The van der Waals surface area contributed by atoms with E-state index in [4.69, 9.17) is 0 Å². The van der Waals surface area contributed by atoms with Crippen LogP contribution in [0.15, 0.2) is 60.7 Å². The summed E-state index contributed by atoms with van der Waals surface area (Å²) in [6.07, 6.45) is 0. The molecule has 0 nitrogen and oxygen atoms in total. The molecule has 2 rings (SSSR count). The van der Waals surface area contributed by atoms with Gasteiger partial charge >= 0.3 is 0 Å². The maximum Gasteiger partial charge on any atom is -0.00727 e. The van der Waals surface area contributed by atoms with Gasteiger partial charge in [-0.2, -0.15) is 0 Å². The van der Waals surface area contributed by atoms with E-state index in [9.17, 15) is 0 Å². The zero-order chi connectivity index (χ0) is 15.0. The summed E-state index contributed by atoms with van der Waals surface area (Å²) in [6.45, 7) is 11.0. The van der Waals surface area contributed by atoms with E-state index in [1.54, 1.807) is 0 Å². The molecule has 0 radical (unpaired) electrons. The predicted molar refractivity (Wildman–Crippen MR) is 90.2 cm³/mol. The van der Waals surface area contributed by atoms with Crippen LogP contribution in [0.25, 0.3) is 0 Å². The van der Waals surface area contributed by atoms with Gasteiger partial charge in [-0.25, -0.2) is 0 Å². The lowest BCUT2D eigenvalue weighted by molar-refractivity contribution is 0.437. The summed E-state index contributed by atoms with van der Waals surface area (Å²) in [6, 6.07) is 21.7. The van der Waals surface area contributed by atoms with Gasteiger partial charge in [0.2, 0.25) is 0 Å². The highest BCUT2D eigenvalue weighted by molar-refractivity contribution is 5.28. The van der Waals surface area contributed by atoms with Crippen LogP contribution in [0.1, 0.15) is 57.6 Å². The highest BCUT2D eigenvalue weighted by Gasteiger charge is 2.23. The SMILES string of the molecule is CC.CC(C)C(c1ccccc1)C(C)c1ccccc1. The number of hydrogen-bond acceptors (Lipinski definition) is 0. The van der Waals surface area contributed by atoms with Crippen LogP contribution < -0.4 is 0 Å². The first-order chi connectivity index (χ1) is 9.70. The molecule has 108 valence electrons. The molecule has 2 atom stereocenters. The van der Waals surface area contributed by atoms with E-state index in [0.717, 1.165) is 0 Å². The van der Waals surface area contributed by atoms with Gasteiger partial charge in [0.25, 0.3) is 0 Å². The van der Waals surface area contributed by atoms with Crippen LogP contribution in [0, 0.1) is 5.92 Å². The van der Waals surface area contributed by atoms with Crippen molar-refractivity contribution in [1.82, 2.24) is 0 Å². The van der Waals surface area contributed by atoms with E-state index >= 15 is 0 Å². The van der Waals surface area contributed by atoms with Crippen molar-refractivity contribution >= 4 is 0 Å². The van der Waals surface area contributed by atoms with Crippen molar-refractivity contribution in [3.63, 3.8) is 0 Å². The average Bonchev–Trinajstić information content (AvgIpc) is 2.51. The second kappa shape index (κ2) is 8.58. The van der Waals surface area contributed by atoms with Gasteiger partial charge in [0.15, 0.2) is 0 Å². The molecule has 0 spiro atoms. The normalized spacial score (nSPS) is 13.3. The summed E-state index contributed by atoms with van der Waals surface area (Å²) in [5.74, 6) is 1.77. The topological polar surface area (TPSA) is 0 Å². The number of benzene rings is 2. The molecule has 0 aromatic heterocycles. The lowest BCUT2D eigenvalue weighted by Gasteiger charge is -2.28. The molecule has 2 aromatic rings. The molecule has 0 aliphatic carbocycles. The first kappa shape index (κ1) is 16.5. The standard InChI is InChI=1S/C18H22.C2H6/c1-14(2)18(17-12-8-5-9-13-17)15(3)16-10-6-4-7-11-16;1-2/h4-15,18H,1-3H3;1-2H3. The third-order valence-corrected chi connectivity index (χ3v) is 3.77. The molecular formula is C20H28. The van der Waals surface area contributed by atoms with Gasteiger partial charge < -0.3 is 0 Å². The van der Waals surface area contributed by atoms with Gasteiger partial charge in [-0.05, 0) is 28.9 Å². The molecule has 0 fully saturated rings. The summed E-state index contributed by atoms with van der Waals surface area (Å²) in [7, 11) is 0. The van der Waals surface area contributed by atoms with E-state index in [1.165, 1.54) is 11.1 Å². The van der Waals surface area contributed by atoms with E-state index in [0.29, 0.717) is 17.8 Å². The second-order valence-corrected chi connectivity index (χ2v) is 5.38. The van der Waals surface area contributed by atoms with Crippen LogP contribution in [0.3, 0.4) is 0 Å². The quantitative estimate of drug-likeness (QED) is 0.614. The van der Waals surface area contributed by atoms with Crippen LogP contribution in [0.5, 0.6) is 0 Å². The Morgan fingerprint density at radius 1 is 0.600 bits per heavy atom. The van der Waals surface area contributed by atoms with Crippen LogP contribution in [-0.4, -0.2) is 0 Å². The monoisotopic (exact) mass is 268 g/mol. The molecule has 0 aliphatic rings. The van der Waals surface area contributed by atoms with Crippen molar-refractivity contribution < 1.29 is 0 Å². The van der Waals surface area contributed by atoms with Gasteiger partial charge in [-0.15, -0.1) is 0 Å². The number of rotatable bonds is 4. The van der Waals surface area contributed by atoms with Gasteiger partial charge in [0.1, 0.15) is 0 Å². The van der Waals surface area contributed by atoms with Crippen molar-refractivity contribution in [2.45, 2.75) is 46.5 Å². The Labute approximate surface area is 124 Å². The van der Waals surface area contributed by atoms with E-state index in [-0.39, 0.29) is 0 Å². The van der Waals surface area contributed by atoms with Crippen molar-refractivity contribution in [2.75, 3.05) is 0 Å². The summed E-state index contributed by atoms with van der Waals surface area (Å²) in [5, 5.41) is 0. The average molecular weight is 268 g/mol. The smallest absolute Gasteiger partial charge is 0.00727 e. The van der Waals surface area contributed by atoms with Gasteiger partial charge in [-0.1, -0.05) is 95.3 Å².